The molecule has 1 N–H and O–H groups in total. The lowest BCUT2D eigenvalue weighted by molar-refractivity contribution is 0.152. The first-order chi connectivity index (χ1) is 12.1. The van der Waals surface area contributed by atoms with Crippen LogP contribution in [0.15, 0.2) is 53.6 Å². The molecule has 0 aliphatic rings. The molecule has 1 atom stereocenters. The summed E-state index contributed by atoms with van der Waals surface area (Å²) in [5, 5.41) is 3.83. The van der Waals surface area contributed by atoms with Crippen molar-refractivity contribution >= 4 is 12.3 Å². The first-order valence-electron chi connectivity index (χ1n) is 7.99. The number of hydrazone groups is 1. The second kappa shape index (κ2) is 9.32. The molecule has 0 bridgehead atoms. The molecule has 0 saturated heterocycles. The smallest absolute Gasteiger partial charge is 0.427 e. The Kier molecular flexibility index (Phi) is 6.83. The van der Waals surface area contributed by atoms with Gasteiger partial charge in [-0.1, -0.05) is 30.3 Å². The minimum Gasteiger partial charge on any atom is -0.493 e. The number of methoxy groups -OCH3 is 1. The van der Waals surface area contributed by atoms with Gasteiger partial charge in [-0.05, 0) is 43.2 Å². The molecule has 0 unspecified atom stereocenters. The van der Waals surface area contributed by atoms with Crippen molar-refractivity contribution in [2.24, 2.45) is 5.10 Å². The van der Waals surface area contributed by atoms with Crippen molar-refractivity contribution in [3.05, 3.63) is 59.7 Å². The summed E-state index contributed by atoms with van der Waals surface area (Å²) < 4.78 is 16.1. The van der Waals surface area contributed by atoms with Gasteiger partial charge in [0.2, 0.25) is 0 Å². The third-order valence-electron chi connectivity index (χ3n) is 3.41. The van der Waals surface area contributed by atoms with Gasteiger partial charge in [0.05, 0.1) is 19.9 Å². The molecule has 0 aliphatic carbocycles. The molecule has 0 aromatic heterocycles. The third-order valence-corrected chi connectivity index (χ3v) is 3.41. The van der Waals surface area contributed by atoms with Crippen LogP contribution in [0.25, 0.3) is 0 Å². The van der Waals surface area contributed by atoms with Gasteiger partial charge in [0, 0.05) is 0 Å². The number of amides is 1. The van der Waals surface area contributed by atoms with E-state index in [0.29, 0.717) is 18.1 Å². The Balaban J connectivity index is 2.06. The van der Waals surface area contributed by atoms with Gasteiger partial charge in [0.25, 0.3) is 0 Å². The van der Waals surface area contributed by atoms with Crippen molar-refractivity contribution in [3.8, 4) is 11.5 Å². The maximum atomic E-state index is 11.2. The van der Waals surface area contributed by atoms with Crippen LogP contribution in [0, 0.1) is 0 Å². The van der Waals surface area contributed by atoms with Gasteiger partial charge >= 0.3 is 6.09 Å². The van der Waals surface area contributed by atoms with Gasteiger partial charge in [-0.15, -0.1) is 0 Å². The Bertz CT molecular complexity index is 717. The normalized spacial score (nSPS) is 11.8. The molecule has 6 heteroatoms. The summed E-state index contributed by atoms with van der Waals surface area (Å²) in [4.78, 5) is 11.2. The van der Waals surface area contributed by atoms with Crippen LogP contribution in [0.4, 0.5) is 4.79 Å². The number of benzene rings is 2. The van der Waals surface area contributed by atoms with Crippen molar-refractivity contribution in [1.29, 1.82) is 0 Å². The number of rotatable bonds is 7. The van der Waals surface area contributed by atoms with Crippen LogP contribution in [0.1, 0.15) is 31.1 Å². The first kappa shape index (κ1) is 18.3. The van der Waals surface area contributed by atoms with Crippen molar-refractivity contribution in [1.82, 2.24) is 5.43 Å². The summed E-state index contributed by atoms with van der Waals surface area (Å²) in [5.41, 5.74) is 4.11. The van der Waals surface area contributed by atoms with Gasteiger partial charge in [-0.3, -0.25) is 0 Å². The Morgan fingerprint density at radius 1 is 1.20 bits per heavy atom. The lowest BCUT2D eigenvalue weighted by Crippen LogP contribution is -2.18. The van der Waals surface area contributed by atoms with E-state index < -0.39 is 6.09 Å². The van der Waals surface area contributed by atoms with Crippen LogP contribution >= 0.6 is 0 Å². The first-order valence-corrected chi connectivity index (χ1v) is 7.99. The van der Waals surface area contributed by atoms with Crippen molar-refractivity contribution in [3.63, 3.8) is 0 Å². The maximum Gasteiger partial charge on any atom is 0.427 e. The standard InChI is InChI=1S/C19H22N2O4/c1-4-24-19(22)21-20-13-15-10-11-17(18(12-15)23-3)25-14(2)16-8-6-5-7-9-16/h5-14H,4H2,1-3H3,(H,21,22)/b20-13-/t14-/m0/s1. The van der Waals surface area contributed by atoms with E-state index in [1.54, 1.807) is 20.1 Å². The number of nitrogens with one attached hydrogen (secondary N) is 1. The van der Waals surface area contributed by atoms with Crippen LogP contribution in [0.2, 0.25) is 0 Å². The predicted molar refractivity (Wildman–Crippen MR) is 96.2 cm³/mol. The Hall–Kier alpha value is -3.02. The van der Waals surface area contributed by atoms with E-state index in [9.17, 15) is 4.79 Å². The average molecular weight is 342 g/mol. The lowest BCUT2D eigenvalue weighted by atomic mass is 10.1. The highest BCUT2D eigenvalue weighted by Crippen LogP contribution is 2.31. The minimum absolute atomic E-state index is 0.111. The van der Waals surface area contributed by atoms with E-state index in [0.717, 1.165) is 11.1 Å². The van der Waals surface area contributed by atoms with E-state index in [4.69, 9.17) is 14.2 Å². The molecule has 0 spiro atoms. The molecule has 6 nitrogen and oxygen atoms in total. The van der Waals surface area contributed by atoms with Gasteiger partial charge in [0.1, 0.15) is 6.10 Å². The SMILES string of the molecule is CCOC(=O)N/N=C\c1ccc(O[C@@H](C)c2ccccc2)c(OC)c1. The molecule has 0 radical (unpaired) electrons. The number of nitrogens with zero attached hydrogens (tertiary/aromatic N) is 1. The highest BCUT2D eigenvalue weighted by Gasteiger charge is 2.11. The molecule has 0 saturated carbocycles. The fourth-order valence-corrected chi connectivity index (χ4v) is 2.17. The monoisotopic (exact) mass is 342 g/mol. The van der Waals surface area contributed by atoms with Gasteiger partial charge < -0.3 is 14.2 Å². The number of carbonyl (C=O) groups excluding carboxylic acids is 1. The lowest BCUT2D eigenvalue weighted by Gasteiger charge is -2.17. The second-order valence-electron chi connectivity index (χ2n) is 5.17. The summed E-state index contributed by atoms with van der Waals surface area (Å²) in [7, 11) is 1.58. The van der Waals surface area contributed by atoms with Gasteiger partial charge in [0.15, 0.2) is 11.5 Å². The highest BCUT2D eigenvalue weighted by atomic mass is 16.5. The Morgan fingerprint density at radius 2 is 1.96 bits per heavy atom. The second-order valence-corrected chi connectivity index (χ2v) is 5.17. The largest absolute Gasteiger partial charge is 0.493 e. The molecule has 2 rings (SSSR count). The molecule has 0 fully saturated rings. The third kappa shape index (κ3) is 5.53. The topological polar surface area (TPSA) is 69.2 Å². The molecular weight excluding hydrogens is 320 g/mol. The van der Waals surface area contributed by atoms with E-state index in [1.807, 2.05) is 49.4 Å². The quantitative estimate of drug-likeness (QED) is 0.612. The minimum atomic E-state index is -0.595. The van der Waals surface area contributed by atoms with E-state index >= 15 is 0 Å². The van der Waals surface area contributed by atoms with E-state index in [2.05, 4.69) is 10.5 Å². The van der Waals surface area contributed by atoms with Crippen LogP contribution in [-0.4, -0.2) is 26.0 Å². The molecule has 25 heavy (non-hydrogen) atoms. The molecule has 0 aliphatic heterocycles. The summed E-state index contributed by atoms with van der Waals surface area (Å²) >= 11 is 0. The predicted octanol–water partition coefficient (Wildman–Crippen LogP) is 3.92. The fraction of sp³-hybridized carbons (Fsp3) is 0.263. The highest BCUT2D eigenvalue weighted by molar-refractivity contribution is 5.82. The Labute approximate surface area is 147 Å². The zero-order chi connectivity index (χ0) is 18.1. The van der Waals surface area contributed by atoms with Crippen molar-refractivity contribution < 1.29 is 19.0 Å². The van der Waals surface area contributed by atoms with E-state index in [-0.39, 0.29) is 6.10 Å². The van der Waals surface area contributed by atoms with Crippen molar-refractivity contribution in [2.75, 3.05) is 13.7 Å². The van der Waals surface area contributed by atoms with Crippen LogP contribution in [-0.2, 0) is 4.74 Å². The zero-order valence-electron chi connectivity index (χ0n) is 14.6. The number of ether oxygens (including phenoxy) is 3. The van der Waals surface area contributed by atoms with Gasteiger partial charge in [-0.2, -0.15) is 5.10 Å². The van der Waals surface area contributed by atoms with Crippen LogP contribution in [0.3, 0.4) is 0 Å². The Morgan fingerprint density at radius 3 is 2.64 bits per heavy atom. The molecule has 2 aromatic carbocycles. The fourth-order valence-electron chi connectivity index (χ4n) is 2.17. The number of carbonyl (C=O) groups is 1. The summed E-state index contributed by atoms with van der Waals surface area (Å²) in [6.07, 6.45) is 0.798. The summed E-state index contributed by atoms with van der Waals surface area (Å²) in [6.45, 7) is 4.00. The zero-order valence-corrected chi connectivity index (χ0v) is 14.6. The maximum absolute atomic E-state index is 11.2. The molecule has 0 heterocycles. The molecule has 2 aromatic rings. The average Bonchev–Trinajstić information content (AvgIpc) is 2.63. The number of hydrogen-bond donors (Lipinski definition) is 1. The summed E-state index contributed by atoms with van der Waals surface area (Å²) in [5.74, 6) is 1.22. The van der Waals surface area contributed by atoms with Gasteiger partial charge in [-0.25, -0.2) is 10.2 Å². The molecule has 132 valence electrons. The molecular formula is C19H22N2O4. The van der Waals surface area contributed by atoms with Crippen molar-refractivity contribution in [2.45, 2.75) is 20.0 Å². The van der Waals surface area contributed by atoms with E-state index in [1.165, 1.54) is 6.21 Å². The van der Waals surface area contributed by atoms with Crippen LogP contribution in [0.5, 0.6) is 11.5 Å². The molecule has 1 amide bonds. The van der Waals surface area contributed by atoms with Crippen LogP contribution < -0.4 is 14.9 Å². The number of hydrogen-bond acceptors (Lipinski definition) is 5. The summed E-state index contributed by atoms with van der Waals surface area (Å²) in [6, 6.07) is 15.4.